The van der Waals surface area contributed by atoms with Crippen molar-refractivity contribution in [1.29, 1.82) is 0 Å². The minimum Gasteiger partial charge on any atom is -0.381 e. The highest BCUT2D eigenvalue weighted by Gasteiger charge is 2.36. The van der Waals surface area contributed by atoms with Gasteiger partial charge in [0.1, 0.15) is 17.0 Å². The number of piperidine rings is 1. The molecule has 148 valence electrons. The number of likely N-dealkylation sites (tertiary alicyclic amines) is 1. The Hall–Kier alpha value is -2.45. The number of carbonyl (C=O) groups is 1. The Morgan fingerprint density at radius 1 is 1.39 bits per heavy atom. The zero-order valence-electron chi connectivity index (χ0n) is 15.9. The van der Waals surface area contributed by atoms with Crippen LogP contribution in [-0.4, -0.2) is 58.3 Å². The summed E-state index contributed by atoms with van der Waals surface area (Å²) in [5.74, 6) is -0.489. The van der Waals surface area contributed by atoms with Crippen molar-refractivity contribution in [2.24, 2.45) is 11.7 Å². The van der Waals surface area contributed by atoms with Gasteiger partial charge in [0.25, 0.3) is 5.91 Å². The quantitative estimate of drug-likeness (QED) is 0.719. The SMILES string of the molecule is CC1(c2cnn3c2[nH]c2cc(F)cc(C(N)=O)c23)CCN(CC2COC2)CC1. The highest BCUT2D eigenvalue weighted by atomic mass is 19.1. The summed E-state index contributed by atoms with van der Waals surface area (Å²) in [5.41, 5.74) is 8.56. The average Bonchev–Trinajstić information content (AvgIpc) is 3.17. The molecule has 0 spiro atoms. The van der Waals surface area contributed by atoms with Crippen LogP contribution in [0.3, 0.4) is 0 Å². The van der Waals surface area contributed by atoms with Gasteiger partial charge in [-0.2, -0.15) is 5.10 Å². The predicted octanol–water partition coefficient (Wildman–Crippen LogP) is 2.05. The number of benzene rings is 1. The van der Waals surface area contributed by atoms with Gasteiger partial charge in [-0.1, -0.05) is 6.92 Å². The second kappa shape index (κ2) is 6.28. The summed E-state index contributed by atoms with van der Waals surface area (Å²) in [5, 5.41) is 4.51. The molecule has 0 aliphatic carbocycles. The van der Waals surface area contributed by atoms with Gasteiger partial charge < -0.3 is 20.4 Å². The van der Waals surface area contributed by atoms with Crippen molar-refractivity contribution >= 4 is 22.6 Å². The summed E-state index contributed by atoms with van der Waals surface area (Å²) in [6.45, 7) is 7.19. The second-order valence-electron chi connectivity index (χ2n) is 8.42. The Kier molecular flexibility index (Phi) is 3.96. The van der Waals surface area contributed by atoms with Crippen LogP contribution in [0.5, 0.6) is 0 Å². The lowest BCUT2D eigenvalue weighted by atomic mass is 9.75. The van der Waals surface area contributed by atoms with Crippen LogP contribution >= 0.6 is 0 Å². The average molecular weight is 385 g/mol. The lowest BCUT2D eigenvalue weighted by Crippen LogP contribution is -2.46. The molecule has 3 N–H and O–H groups in total. The first-order valence-electron chi connectivity index (χ1n) is 9.74. The van der Waals surface area contributed by atoms with Gasteiger partial charge in [-0.3, -0.25) is 4.79 Å². The normalized spacial score (nSPS) is 20.6. The zero-order chi connectivity index (χ0) is 19.5. The number of nitrogens with two attached hydrogens (primary N) is 1. The third-order valence-corrected chi connectivity index (χ3v) is 6.41. The molecule has 2 fully saturated rings. The Labute approximate surface area is 161 Å². The monoisotopic (exact) mass is 385 g/mol. The summed E-state index contributed by atoms with van der Waals surface area (Å²) in [4.78, 5) is 17.6. The van der Waals surface area contributed by atoms with Gasteiger partial charge in [-0.05, 0) is 38.1 Å². The minimum absolute atomic E-state index is 0.0271. The van der Waals surface area contributed by atoms with Crippen LogP contribution in [0, 0.1) is 11.7 Å². The molecule has 2 saturated heterocycles. The maximum atomic E-state index is 13.9. The van der Waals surface area contributed by atoms with E-state index >= 15 is 0 Å². The molecule has 4 heterocycles. The van der Waals surface area contributed by atoms with Crippen LogP contribution in [0.15, 0.2) is 18.3 Å². The largest absolute Gasteiger partial charge is 0.381 e. The van der Waals surface area contributed by atoms with Gasteiger partial charge in [-0.25, -0.2) is 8.91 Å². The van der Waals surface area contributed by atoms with Gasteiger partial charge >= 0.3 is 0 Å². The first kappa shape index (κ1) is 17.6. The lowest BCUT2D eigenvalue weighted by Gasteiger charge is -2.41. The number of halogens is 1. The van der Waals surface area contributed by atoms with E-state index in [1.807, 2.05) is 6.20 Å². The highest BCUT2D eigenvalue weighted by molar-refractivity contribution is 6.05. The zero-order valence-corrected chi connectivity index (χ0v) is 15.9. The number of H-pyrrole nitrogens is 1. The van der Waals surface area contributed by atoms with Crippen molar-refractivity contribution in [1.82, 2.24) is 19.5 Å². The van der Waals surface area contributed by atoms with Gasteiger partial charge in [-0.15, -0.1) is 0 Å². The Bertz CT molecular complexity index is 1060. The number of aromatic amines is 1. The number of aromatic nitrogens is 3. The smallest absolute Gasteiger partial charge is 0.251 e. The first-order valence-corrected chi connectivity index (χ1v) is 9.74. The number of hydrogen-bond donors (Lipinski definition) is 2. The molecular weight excluding hydrogens is 361 g/mol. The molecule has 2 aromatic heterocycles. The van der Waals surface area contributed by atoms with E-state index in [9.17, 15) is 9.18 Å². The van der Waals surface area contributed by atoms with Crippen molar-refractivity contribution in [3.05, 3.63) is 35.3 Å². The first-order chi connectivity index (χ1) is 13.4. The molecule has 0 radical (unpaired) electrons. The molecule has 1 amide bonds. The molecule has 1 aromatic carbocycles. The van der Waals surface area contributed by atoms with Crippen molar-refractivity contribution in [3.63, 3.8) is 0 Å². The van der Waals surface area contributed by atoms with Gasteiger partial charge in [0.05, 0.1) is 30.5 Å². The van der Waals surface area contributed by atoms with Crippen LogP contribution in [0.4, 0.5) is 4.39 Å². The Morgan fingerprint density at radius 2 is 2.14 bits per heavy atom. The van der Waals surface area contributed by atoms with Crippen LogP contribution in [0.1, 0.15) is 35.7 Å². The number of hydrogen-bond acceptors (Lipinski definition) is 4. The molecule has 0 saturated carbocycles. The molecule has 8 heteroatoms. The third-order valence-electron chi connectivity index (χ3n) is 6.41. The molecule has 0 bridgehead atoms. The van der Waals surface area contributed by atoms with Gasteiger partial charge in [0.2, 0.25) is 0 Å². The molecule has 0 unspecified atom stereocenters. The topological polar surface area (TPSA) is 88.7 Å². The van der Waals surface area contributed by atoms with Crippen molar-refractivity contribution in [3.8, 4) is 0 Å². The maximum Gasteiger partial charge on any atom is 0.251 e. The second-order valence-corrected chi connectivity index (χ2v) is 8.42. The van der Waals surface area contributed by atoms with Crippen molar-refractivity contribution in [2.45, 2.75) is 25.2 Å². The summed E-state index contributed by atoms with van der Waals surface area (Å²) >= 11 is 0. The molecular formula is C20H24FN5O2. The fourth-order valence-electron chi connectivity index (χ4n) is 4.57. The summed E-state index contributed by atoms with van der Waals surface area (Å²) in [6, 6.07) is 2.55. The standard InChI is InChI=1S/C20H24FN5O2/c1-20(2-4-25(5-3-20)9-12-10-28-11-12)15-8-23-26-17-14(18(22)27)6-13(21)7-16(17)24-19(15)26/h6-8,12,24H,2-5,9-11H2,1H3,(H2,22,27). The number of nitrogens with one attached hydrogen (secondary N) is 1. The van der Waals surface area contributed by atoms with E-state index in [0.717, 1.165) is 56.9 Å². The number of imidazole rings is 1. The van der Waals surface area contributed by atoms with E-state index in [1.54, 1.807) is 4.52 Å². The summed E-state index contributed by atoms with van der Waals surface area (Å²) in [6.07, 6.45) is 3.91. The maximum absolute atomic E-state index is 13.9. The number of ether oxygens (including phenoxy) is 1. The molecule has 28 heavy (non-hydrogen) atoms. The molecule has 3 aromatic rings. The molecule has 5 rings (SSSR count). The van der Waals surface area contributed by atoms with Gasteiger partial charge in [0, 0.05) is 23.4 Å². The molecule has 0 atom stereocenters. The fraction of sp³-hybridized carbons (Fsp3) is 0.500. The minimum atomic E-state index is -0.665. The highest BCUT2D eigenvalue weighted by Crippen LogP contribution is 2.38. The number of amides is 1. The summed E-state index contributed by atoms with van der Waals surface area (Å²) in [7, 11) is 0. The number of fused-ring (bicyclic) bond motifs is 3. The van der Waals surface area contributed by atoms with Gasteiger partial charge in [0.15, 0.2) is 0 Å². The van der Waals surface area contributed by atoms with Crippen LogP contribution in [0.25, 0.3) is 16.7 Å². The fourth-order valence-corrected chi connectivity index (χ4v) is 4.57. The third kappa shape index (κ3) is 2.70. The number of rotatable bonds is 4. The van der Waals surface area contributed by atoms with Crippen molar-refractivity contribution in [2.75, 3.05) is 32.8 Å². The van der Waals surface area contributed by atoms with Crippen molar-refractivity contribution < 1.29 is 13.9 Å². The number of carbonyl (C=O) groups excluding carboxylic acids is 1. The van der Waals surface area contributed by atoms with Crippen LogP contribution in [0.2, 0.25) is 0 Å². The number of primary amides is 1. The lowest BCUT2D eigenvalue weighted by molar-refractivity contribution is -0.0502. The van der Waals surface area contributed by atoms with E-state index < -0.39 is 11.7 Å². The number of nitrogens with zero attached hydrogens (tertiary/aromatic N) is 3. The molecule has 2 aliphatic heterocycles. The molecule has 2 aliphatic rings. The van der Waals surface area contributed by atoms with Crippen LogP contribution in [-0.2, 0) is 10.2 Å². The predicted molar refractivity (Wildman–Crippen MR) is 103 cm³/mol. The van der Waals surface area contributed by atoms with Crippen LogP contribution < -0.4 is 5.73 Å². The Morgan fingerprint density at radius 3 is 2.79 bits per heavy atom. The Balaban J connectivity index is 1.49. The van der Waals surface area contributed by atoms with E-state index in [1.165, 1.54) is 12.1 Å². The molecule has 7 nitrogen and oxygen atoms in total. The van der Waals surface area contributed by atoms with E-state index in [4.69, 9.17) is 10.5 Å². The van der Waals surface area contributed by atoms with E-state index in [-0.39, 0.29) is 11.0 Å². The van der Waals surface area contributed by atoms with E-state index in [0.29, 0.717) is 17.0 Å². The van der Waals surface area contributed by atoms with E-state index in [2.05, 4.69) is 21.9 Å². The summed E-state index contributed by atoms with van der Waals surface area (Å²) < 4.78 is 20.9.